The van der Waals surface area contributed by atoms with Crippen LogP contribution in [-0.2, 0) is 0 Å². The van der Waals surface area contributed by atoms with E-state index >= 15 is 0 Å². The Kier molecular flexibility index (Phi) is 4.06. The Bertz CT molecular complexity index is 1900. The fourth-order valence-corrected chi connectivity index (χ4v) is 5.94. The zero-order valence-corrected chi connectivity index (χ0v) is 19.7. The normalized spacial score (nSPS) is 13.9. The van der Waals surface area contributed by atoms with Crippen LogP contribution in [0.3, 0.4) is 0 Å². The van der Waals surface area contributed by atoms with Crippen LogP contribution in [0.4, 0.5) is 0 Å². The number of aromatic nitrogens is 3. The van der Waals surface area contributed by atoms with E-state index in [1.54, 1.807) is 0 Å². The van der Waals surface area contributed by atoms with Crippen molar-refractivity contribution in [2.24, 2.45) is 0 Å². The first-order chi connectivity index (χ1) is 17.9. The SMILES string of the molecule is C1=CC(c2cc(-c3ccccc3)cc(-n3c4cccc5c4c4c3cccc4n3cccc53)n2)=CCC1. The Labute approximate surface area is 208 Å². The predicted molar refractivity (Wildman–Crippen MR) is 150 cm³/mol. The monoisotopic (exact) mass is 461 g/mol. The Balaban J connectivity index is 1.50. The van der Waals surface area contributed by atoms with Crippen molar-refractivity contribution < 1.29 is 0 Å². The van der Waals surface area contributed by atoms with Crippen LogP contribution < -0.4 is 0 Å². The van der Waals surface area contributed by atoms with Crippen molar-refractivity contribution in [1.29, 1.82) is 0 Å². The molecule has 4 heterocycles. The van der Waals surface area contributed by atoms with E-state index in [1.807, 2.05) is 0 Å². The lowest BCUT2D eigenvalue weighted by molar-refractivity contribution is 1.03. The number of rotatable bonds is 3. The lowest BCUT2D eigenvalue weighted by atomic mass is 10.00. The predicted octanol–water partition coefficient (Wildman–Crippen LogP) is 8.42. The number of benzene rings is 3. The summed E-state index contributed by atoms with van der Waals surface area (Å²) in [5.41, 5.74) is 9.44. The Morgan fingerprint density at radius 2 is 1.44 bits per heavy atom. The zero-order valence-electron chi connectivity index (χ0n) is 19.7. The van der Waals surface area contributed by atoms with E-state index in [4.69, 9.17) is 4.98 Å². The van der Waals surface area contributed by atoms with Gasteiger partial charge in [0.1, 0.15) is 5.82 Å². The van der Waals surface area contributed by atoms with E-state index in [1.165, 1.54) is 54.9 Å². The summed E-state index contributed by atoms with van der Waals surface area (Å²) < 4.78 is 4.67. The van der Waals surface area contributed by atoms with Crippen LogP contribution in [0, 0.1) is 0 Å². The van der Waals surface area contributed by atoms with Crippen LogP contribution >= 0.6 is 0 Å². The first-order valence-corrected chi connectivity index (χ1v) is 12.6. The van der Waals surface area contributed by atoms with Gasteiger partial charge < -0.3 is 4.40 Å². The van der Waals surface area contributed by atoms with Gasteiger partial charge in [0.15, 0.2) is 0 Å². The van der Waals surface area contributed by atoms with Crippen molar-refractivity contribution in [1.82, 2.24) is 14.0 Å². The second-order valence-electron chi connectivity index (χ2n) is 9.57. The van der Waals surface area contributed by atoms with Gasteiger partial charge in [0.25, 0.3) is 0 Å². The van der Waals surface area contributed by atoms with E-state index in [-0.39, 0.29) is 0 Å². The van der Waals surface area contributed by atoms with E-state index in [0.29, 0.717) is 0 Å². The molecular formula is C33H23N3. The molecule has 0 atom stereocenters. The number of pyridine rings is 2. The molecular weight excluding hydrogens is 438 g/mol. The van der Waals surface area contributed by atoms with Crippen LogP contribution in [0.2, 0.25) is 0 Å². The van der Waals surface area contributed by atoms with Crippen molar-refractivity contribution in [2.45, 2.75) is 12.8 Å². The number of hydrogen-bond donors (Lipinski definition) is 0. The first kappa shape index (κ1) is 19.7. The highest BCUT2D eigenvalue weighted by atomic mass is 15.1. The molecule has 3 nitrogen and oxygen atoms in total. The van der Waals surface area contributed by atoms with Gasteiger partial charge in [-0.3, -0.25) is 4.57 Å². The number of nitrogens with zero attached hydrogens (tertiary/aromatic N) is 3. The van der Waals surface area contributed by atoms with Crippen molar-refractivity contribution in [3.63, 3.8) is 0 Å². The number of fused-ring (bicyclic) bond motifs is 3. The fourth-order valence-electron chi connectivity index (χ4n) is 5.94. The maximum atomic E-state index is 5.28. The second kappa shape index (κ2) is 7.43. The average molecular weight is 462 g/mol. The largest absolute Gasteiger partial charge is 0.316 e. The molecule has 36 heavy (non-hydrogen) atoms. The third kappa shape index (κ3) is 2.71. The third-order valence-electron chi connectivity index (χ3n) is 7.52. The Morgan fingerprint density at radius 3 is 2.31 bits per heavy atom. The Morgan fingerprint density at radius 1 is 0.639 bits per heavy atom. The van der Waals surface area contributed by atoms with E-state index in [9.17, 15) is 0 Å². The van der Waals surface area contributed by atoms with Crippen LogP contribution in [0.15, 0.2) is 115 Å². The molecule has 170 valence electrons. The molecule has 0 unspecified atom stereocenters. The Hall–Kier alpha value is -4.63. The summed E-state index contributed by atoms with van der Waals surface area (Å²) in [6.07, 6.45) is 11.1. The molecule has 0 bridgehead atoms. The van der Waals surface area contributed by atoms with Gasteiger partial charge in [-0.2, -0.15) is 0 Å². The van der Waals surface area contributed by atoms with Gasteiger partial charge in [-0.05, 0) is 72.0 Å². The molecule has 4 aromatic heterocycles. The molecule has 0 saturated heterocycles. The standard InChI is InChI=1S/C33H23N3/c1-3-10-22(11-4-1)24-20-26(23-12-5-2-6-13-23)34-31(21-24)36-29-16-7-14-25-27-18-9-19-35(27)28-15-8-17-30(36)33(28)32(25)29/h1,3-5,7-21H,2,6H2. The first-order valence-electron chi connectivity index (χ1n) is 12.6. The zero-order chi connectivity index (χ0) is 23.6. The van der Waals surface area contributed by atoms with Gasteiger partial charge in [-0.25, -0.2) is 4.98 Å². The molecule has 0 saturated carbocycles. The van der Waals surface area contributed by atoms with Crippen molar-refractivity contribution in [3.8, 4) is 16.9 Å². The maximum absolute atomic E-state index is 5.28. The summed E-state index contributed by atoms with van der Waals surface area (Å²) in [6.45, 7) is 0. The molecule has 0 spiro atoms. The lowest BCUT2D eigenvalue weighted by Crippen LogP contribution is -2.01. The molecule has 0 aliphatic heterocycles. The van der Waals surface area contributed by atoms with E-state index in [0.717, 1.165) is 24.4 Å². The van der Waals surface area contributed by atoms with Gasteiger partial charge in [-0.15, -0.1) is 0 Å². The van der Waals surface area contributed by atoms with Crippen LogP contribution in [0.5, 0.6) is 0 Å². The molecule has 3 aromatic carbocycles. The van der Waals surface area contributed by atoms with Crippen molar-refractivity contribution in [3.05, 3.63) is 121 Å². The number of allylic oxidation sites excluding steroid dienone is 4. The summed E-state index contributed by atoms with van der Waals surface area (Å²) in [5, 5.41) is 3.87. The van der Waals surface area contributed by atoms with E-state index < -0.39 is 0 Å². The van der Waals surface area contributed by atoms with Crippen LogP contribution in [-0.4, -0.2) is 14.0 Å². The van der Waals surface area contributed by atoms with Gasteiger partial charge >= 0.3 is 0 Å². The van der Waals surface area contributed by atoms with Gasteiger partial charge in [0.05, 0.1) is 27.8 Å². The molecule has 0 fully saturated rings. The van der Waals surface area contributed by atoms with Gasteiger partial charge in [0, 0.05) is 22.4 Å². The lowest BCUT2D eigenvalue weighted by Gasteiger charge is -2.14. The summed E-state index contributed by atoms with van der Waals surface area (Å²) >= 11 is 0. The third-order valence-corrected chi connectivity index (χ3v) is 7.52. The number of hydrogen-bond acceptors (Lipinski definition) is 1. The summed E-state index contributed by atoms with van der Waals surface area (Å²) in [5.74, 6) is 0.951. The summed E-state index contributed by atoms with van der Waals surface area (Å²) in [7, 11) is 0. The maximum Gasteiger partial charge on any atom is 0.138 e. The molecule has 3 heteroatoms. The molecule has 0 radical (unpaired) electrons. The van der Waals surface area contributed by atoms with Crippen molar-refractivity contribution in [2.75, 3.05) is 0 Å². The van der Waals surface area contributed by atoms with E-state index in [2.05, 4.69) is 124 Å². The molecule has 0 N–H and O–H groups in total. The van der Waals surface area contributed by atoms with Crippen LogP contribution in [0.1, 0.15) is 18.5 Å². The minimum absolute atomic E-state index is 0.951. The highest BCUT2D eigenvalue weighted by Crippen LogP contribution is 2.41. The molecule has 0 amide bonds. The smallest absolute Gasteiger partial charge is 0.138 e. The van der Waals surface area contributed by atoms with Crippen LogP contribution in [0.25, 0.3) is 60.7 Å². The minimum Gasteiger partial charge on any atom is -0.316 e. The average Bonchev–Trinajstić information content (AvgIpc) is 3.58. The quantitative estimate of drug-likeness (QED) is 0.242. The molecule has 7 aromatic rings. The van der Waals surface area contributed by atoms with Gasteiger partial charge in [0.2, 0.25) is 0 Å². The molecule has 1 aliphatic rings. The highest BCUT2D eigenvalue weighted by molar-refractivity contribution is 6.26. The highest BCUT2D eigenvalue weighted by Gasteiger charge is 2.21. The molecule has 8 rings (SSSR count). The molecule has 1 aliphatic carbocycles. The fraction of sp³-hybridized carbons (Fsp3) is 0.0606. The summed E-state index contributed by atoms with van der Waals surface area (Å²) in [4.78, 5) is 5.28. The topological polar surface area (TPSA) is 22.2 Å². The minimum atomic E-state index is 0.951. The van der Waals surface area contributed by atoms with Gasteiger partial charge in [-0.1, -0.05) is 66.8 Å². The second-order valence-corrected chi connectivity index (χ2v) is 9.57. The van der Waals surface area contributed by atoms with Crippen molar-refractivity contribution >= 4 is 43.8 Å². The summed E-state index contributed by atoms with van der Waals surface area (Å²) in [6, 6.07) is 32.7.